The third kappa shape index (κ3) is 5.36. The Bertz CT molecular complexity index is 424. The summed E-state index contributed by atoms with van der Waals surface area (Å²) in [4.78, 5) is 18.0. The van der Waals surface area contributed by atoms with Gasteiger partial charge in [-0.25, -0.2) is 4.98 Å². The van der Waals surface area contributed by atoms with Crippen molar-refractivity contribution < 1.29 is 9.53 Å². The summed E-state index contributed by atoms with van der Waals surface area (Å²) >= 11 is 1.49. The van der Waals surface area contributed by atoms with Gasteiger partial charge in [-0.3, -0.25) is 4.79 Å². The number of ether oxygens (including phenoxy) is 1. The van der Waals surface area contributed by atoms with Crippen molar-refractivity contribution >= 4 is 29.7 Å². The summed E-state index contributed by atoms with van der Waals surface area (Å²) in [6.45, 7) is 2.60. The molecular weight excluding hydrogens is 298 g/mol. The van der Waals surface area contributed by atoms with Crippen LogP contribution in [0.4, 0.5) is 0 Å². The van der Waals surface area contributed by atoms with Gasteiger partial charge in [-0.1, -0.05) is 0 Å². The number of carbonyl (C=O) groups is 1. The summed E-state index contributed by atoms with van der Waals surface area (Å²) in [5.74, 6) is 0.716. The maximum Gasteiger partial charge on any atom is 0.273 e. The Labute approximate surface area is 129 Å². The fraction of sp³-hybridized carbons (Fsp3) is 0.692. The largest absolute Gasteiger partial charge is 0.379 e. The van der Waals surface area contributed by atoms with E-state index >= 15 is 0 Å². The van der Waals surface area contributed by atoms with E-state index in [1.165, 1.54) is 24.2 Å². The normalized spacial score (nSPS) is 13.9. The molecule has 2 rings (SSSR count). The number of halogens is 1. The SMILES string of the molecule is CN(CCOCC1CC1)C(=O)c1csc(CCN)n1.Cl. The highest BCUT2D eigenvalue weighted by Crippen LogP contribution is 2.28. The zero-order chi connectivity index (χ0) is 13.7. The van der Waals surface area contributed by atoms with E-state index in [-0.39, 0.29) is 18.3 Å². The van der Waals surface area contributed by atoms with Crippen molar-refractivity contribution in [3.63, 3.8) is 0 Å². The molecule has 1 aromatic heterocycles. The molecule has 1 aliphatic carbocycles. The molecule has 1 fully saturated rings. The van der Waals surface area contributed by atoms with Gasteiger partial charge < -0.3 is 15.4 Å². The topological polar surface area (TPSA) is 68.5 Å². The fourth-order valence-electron chi connectivity index (χ4n) is 1.68. The molecule has 0 unspecified atom stereocenters. The van der Waals surface area contributed by atoms with E-state index in [4.69, 9.17) is 10.5 Å². The molecular formula is C13H22ClN3O2S. The van der Waals surface area contributed by atoms with Crippen LogP contribution in [0.1, 0.15) is 28.3 Å². The minimum atomic E-state index is -0.0467. The van der Waals surface area contributed by atoms with Gasteiger partial charge in [0, 0.05) is 32.0 Å². The van der Waals surface area contributed by atoms with Crippen molar-refractivity contribution in [1.29, 1.82) is 0 Å². The molecule has 0 aromatic carbocycles. The highest BCUT2D eigenvalue weighted by Gasteiger charge is 2.21. The lowest BCUT2D eigenvalue weighted by Crippen LogP contribution is -2.30. The third-order valence-corrected chi connectivity index (χ3v) is 4.01. The van der Waals surface area contributed by atoms with E-state index in [2.05, 4.69) is 4.98 Å². The van der Waals surface area contributed by atoms with Crippen LogP contribution >= 0.6 is 23.7 Å². The molecule has 1 heterocycles. The monoisotopic (exact) mass is 319 g/mol. The van der Waals surface area contributed by atoms with Crippen LogP contribution in [-0.2, 0) is 11.2 Å². The summed E-state index contributed by atoms with van der Waals surface area (Å²) in [5, 5.41) is 2.72. The summed E-state index contributed by atoms with van der Waals surface area (Å²) in [6.07, 6.45) is 3.31. The van der Waals surface area contributed by atoms with Gasteiger partial charge in [-0.2, -0.15) is 0 Å². The van der Waals surface area contributed by atoms with Gasteiger partial charge in [0.1, 0.15) is 5.69 Å². The average molecular weight is 320 g/mol. The second-order valence-corrected chi connectivity index (χ2v) is 5.85. The first-order chi connectivity index (χ1) is 9.20. The van der Waals surface area contributed by atoms with Crippen LogP contribution in [0.15, 0.2) is 5.38 Å². The first kappa shape index (κ1) is 17.4. The Kier molecular flexibility index (Phi) is 7.43. The molecule has 5 nitrogen and oxygen atoms in total. The van der Waals surface area contributed by atoms with Crippen molar-refractivity contribution in [2.75, 3.05) is 33.4 Å². The number of nitrogens with two attached hydrogens (primary N) is 1. The van der Waals surface area contributed by atoms with Crippen LogP contribution in [0.25, 0.3) is 0 Å². The number of thiazole rings is 1. The molecule has 0 spiro atoms. The standard InChI is InChI=1S/C13H21N3O2S.ClH/c1-16(6-7-18-8-10-2-3-10)13(17)11-9-19-12(15-11)4-5-14;/h9-10H,2-8,14H2,1H3;1H. The Morgan fingerprint density at radius 2 is 2.35 bits per heavy atom. The van der Waals surface area contributed by atoms with E-state index < -0.39 is 0 Å². The van der Waals surface area contributed by atoms with Crippen LogP contribution in [0.3, 0.4) is 0 Å². The predicted molar refractivity (Wildman–Crippen MR) is 82.6 cm³/mol. The van der Waals surface area contributed by atoms with E-state index in [9.17, 15) is 4.79 Å². The van der Waals surface area contributed by atoms with E-state index in [1.54, 1.807) is 17.3 Å². The summed E-state index contributed by atoms with van der Waals surface area (Å²) < 4.78 is 5.53. The number of nitrogens with zero attached hydrogens (tertiary/aromatic N) is 2. The Morgan fingerprint density at radius 3 is 3.00 bits per heavy atom. The van der Waals surface area contributed by atoms with Crippen LogP contribution in [0.2, 0.25) is 0 Å². The quantitative estimate of drug-likeness (QED) is 0.738. The van der Waals surface area contributed by atoms with Crippen molar-refractivity contribution in [3.05, 3.63) is 16.1 Å². The number of aromatic nitrogens is 1. The zero-order valence-corrected chi connectivity index (χ0v) is 13.3. The van der Waals surface area contributed by atoms with Gasteiger partial charge in [0.2, 0.25) is 0 Å². The minimum Gasteiger partial charge on any atom is -0.379 e. The van der Waals surface area contributed by atoms with E-state index in [0.717, 1.165) is 24.0 Å². The second kappa shape index (κ2) is 8.56. The van der Waals surface area contributed by atoms with Crippen molar-refractivity contribution in [1.82, 2.24) is 9.88 Å². The predicted octanol–water partition coefficient (Wildman–Crippen LogP) is 1.56. The van der Waals surface area contributed by atoms with E-state index in [0.29, 0.717) is 25.4 Å². The molecule has 1 saturated carbocycles. The zero-order valence-electron chi connectivity index (χ0n) is 11.7. The molecule has 114 valence electrons. The van der Waals surface area contributed by atoms with Gasteiger partial charge in [-0.05, 0) is 25.3 Å². The van der Waals surface area contributed by atoms with E-state index in [1.807, 2.05) is 0 Å². The van der Waals surface area contributed by atoms with Crippen molar-refractivity contribution in [2.45, 2.75) is 19.3 Å². The smallest absolute Gasteiger partial charge is 0.273 e. The molecule has 0 saturated heterocycles. The minimum absolute atomic E-state index is 0. The first-order valence-electron chi connectivity index (χ1n) is 6.68. The summed E-state index contributed by atoms with van der Waals surface area (Å²) in [7, 11) is 1.78. The van der Waals surface area contributed by atoms with Crippen LogP contribution in [0, 0.1) is 5.92 Å². The third-order valence-electron chi connectivity index (χ3n) is 3.10. The maximum atomic E-state index is 12.1. The molecule has 1 aromatic rings. The molecule has 0 aliphatic heterocycles. The Hall–Kier alpha value is -0.690. The molecule has 0 radical (unpaired) electrons. The van der Waals surface area contributed by atoms with Crippen molar-refractivity contribution in [2.24, 2.45) is 11.7 Å². The molecule has 7 heteroatoms. The highest BCUT2D eigenvalue weighted by atomic mass is 35.5. The summed E-state index contributed by atoms with van der Waals surface area (Å²) in [6, 6.07) is 0. The number of rotatable bonds is 8. The number of likely N-dealkylation sites (N-methyl/N-ethyl adjacent to an activating group) is 1. The average Bonchev–Trinajstić information content (AvgIpc) is 3.12. The highest BCUT2D eigenvalue weighted by molar-refractivity contribution is 7.09. The first-order valence-corrected chi connectivity index (χ1v) is 7.56. The molecule has 0 bridgehead atoms. The Morgan fingerprint density at radius 1 is 1.60 bits per heavy atom. The van der Waals surface area contributed by atoms with Crippen molar-refractivity contribution in [3.8, 4) is 0 Å². The van der Waals surface area contributed by atoms with Gasteiger partial charge in [0.15, 0.2) is 0 Å². The van der Waals surface area contributed by atoms with Crippen LogP contribution < -0.4 is 5.73 Å². The molecule has 1 aliphatic rings. The number of carbonyl (C=O) groups excluding carboxylic acids is 1. The maximum absolute atomic E-state index is 12.1. The summed E-state index contributed by atoms with van der Waals surface area (Å²) in [5.41, 5.74) is 5.98. The second-order valence-electron chi connectivity index (χ2n) is 4.91. The lowest BCUT2D eigenvalue weighted by atomic mass is 10.4. The molecule has 1 amide bonds. The Balaban J connectivity index is 0.00000200. The lowest BCUT2D eigenvalue weighted by Gasteiger charge is -2.15. The van der Waals surface area contributed by atoms with Crippen LogP contribution in [-0.4, -0.2) is 49.1 Å². The molecule has 2 N–H and O–H groups in total. The molecule has 20 heavy (non-hydrogen) atoms. The van der Waals surface area contributed by atoms with Crippen LogP contribution in [0.5, 0.6) is 0 Å². The van der Waals surface area contributed by atoms with Gasteiger partial charge in [-0.15, -0.1) is 23.7 Å². The number of hydrogen-bond acceptors (Lipinski definition) is 5. The van der Waals surface area contributed by atoms with Gasteiger partial charge in [0.25, 0.3) is 5.91 Å². The van der Waals surface area contributed by atoms with Gasteiger partial charge >= 0.3 is 0 Å². The number of hydrogen-bond donors (Lipinski definition) is 1. The molecule has 0 atom stereocenters. The van der Waals surface area contributed by atoms with Gasteiger partial charge in [0.05, 0.1) is 11.6 Å². The fourth-order valence-corrected chi connectivity index (χ4v) is 2.47. The lowest BCUT2D eigenvalue weighted by molar-refractivity contribution is 0.0676. The number of amides is 1.